The van der Waals surface area contributed by atoms with Crippen molar-refractivity contribution < 1.29 is 4.79 Å². The molecule has 1 aromatic carbocycles. The molecule has 2 bridgehead atoms. The van der Waals surface area contributed by atoms with Crippen LogP contribution < -0.4 is 10.6 Å². The second kappa shape index (κ2) is 7.16. The number of nitrogens with one attached hydrogen (secondary N) is 2. The number of amides is 1. The van der Waals surface area contributed by atoms with Crippen LogP contribution in [-0.2, 0) is 10.2 Å². The summed E-state index contributed by atoms with van der Waals surface area (Å²) in [6, 6.07) is 11.3. The lowest BCUT2D eigenvalue weighted by Crippen LogP contribution is -2.59. The van der Waals surface area contributed by atoms with E-state index in [0.29, 0.717) is 11.8 Å². The predicted molar refractivity (Wildman–Crippen MR) is 115 cm³/mol. The Morgan fingerprint density at radius 2 is 1.86 bits per heavy atom. The van der Waals surface area contributed by atoms with Crippen LogP contribution in [0.2, 0.25) is 0 Å². The highest BCUT2D eigenvalue weighted by atomic mass is 16.2. The summed E-state index contributed by atoms with van der Waals surface area (Å²) in [4.78, 5) is 13.6. The summed E-state index contributed by atoms with van der Waals surface area (Å²) in [6.07, 6.45) is 6.80. The molecule has 1 aromatic rings. The molecule has 5 unspecified atom stereocenters. The van der Waals surface area contributed by atoms with Gasteiger partial charge in [0.05, 0.1) is 0 Å². The van der Waals surface area contributed by atoms with Gasteiger partial charge in [-0.3, -0.25) is 4.79 Å². The number of piperidine rings is 1. The molecule has 28 heavy (non-hydrogen) atoms. The first kappa shape index (κ1) is 19.9. The summed E-state index contributed by atoms with van der Waals surface area (Å²) in [6.45, 7) is 11.2. The van der Waals surface area contributed by atoms with Gasteiger partial charge in [0.1, 0.15) is 0 Å². The van der Waals surface area contributed by atoms with Gasteiger partial charge in [0, 0.05) is 18.0 Å². The topological polar surface area (TPSA) is 41.1 Å². The highest BCUT2D eigenvalue weighted by molar-refractivity contribution is 5.83. The van der Waals surface area contributed by atoms with Crippen molar-refractivity contribution in [3.63, 3.8) is 0 Å². The van der Waals surface area contributed by atoms with Gasteiger partial charge in [0.15, 0.2) is 0 Å². The minimum Gasteiger partial charge on any atom is -0.352 e. The van der Waals surface area contributed by atoms with Crippen molar-refractivity contribution in [3.8, 4) is 0 Å². The molecule has 2 saturated carbocycles. The molecule has 5 atom stereocenters. The minimum absolute atomic E-state index is 0.112. The van der Waals surface area contributed by atoms with Gasteiger partial charge in [0.2, 0.25) is 5.91 Å². The van der Waals surface area contributed by atoms with E-state index in [1.807, 2.05) is 0 Å². The average Bonchev–Trinajstić information content (AvgIpc) is 2.63. The molecule has 3 heteroatoms. The molecule has 1 saturated heterocycles. The molecule has 4 rings (SSSR count). The summed E-state index contributed by atoms with van der Waals surface area (Å²) in [5, 5.41) is 6.99. The number of fused-ring (bicyclic) bond motifs is 2. The van der Waals surface area contributed by atoms with E-state index in [1.54, 1.807) is 0 Å². The van der Waals surface area contributed by atoms with Crippen LogP contribution in [0.3, 0.4) is 0 Å². The second-order valence-corrected chi connectivity index (χ2v) is 11.2. The lowest BCUT2D eigenvalue weighted by Gasteiger charge is -2.54. The third-order valence-electron chi connectivity index (χ3n) is 8.00. The fourth-order valence-electron chi connectivity index (χ4n) is 6.87. The molecule has 2 aliphatic carbocycles. The highest BCUT2D eigenvalue weighted by Gasteiger charge is 2.53. The lowest BCUT2D eigenvalue weighted by molar-refractivity contribution is -0.138. The third kappa shape index (κ3) is 3.63. The summed E-state index contributed by atoms with van der Waals surface area (Å²) in [5.41, 5.74) is 1.46. The molecule has 1 heterocycles. The molecule has 2 N–H and O–H groups in total. The zero-order valence-corrected chi connectivity index (χ0v) is 18.2. The van der Waals surface area contributed by atoms with Crippen LogP contribution in [0.4, 0.5) is 0 Å². The maximum Gasteiger partial charge on any atom is 0.226 e. The molecule has 3 fully saturated rings. The zero-order valence-electron chi connectivity index (χ0n) is 18.2. The molecule has 1 amide bonds. The number of carbonyl (C=O) groups is 1. The second-order valence-electron chi connectivity index (χ2n) is 11.2. The van der Waals surface area contributed by atoms with E-state index < -0.39 is 0 Å². The first-order chi connectivity index (χ1) is 13.2. The summed E-state index contributed by atoms with van der Waals surface area (Å²) in [5.74, 6) is 1.71. The van der Waals surface area contributed by atoms with Crippen molar-refractivity contribution in [2.75, 3.05) is 13.1 Å². The van der Waals surface area contributed by atoms with Crippen molar-refractivity contribution >= 4 is 5.91 Å². The Bertz CT molecular complexity index is 711. The fraction of sp³-hybridized carbons (Fsp3) is 0.720. The molecule has 3 nitrogen and oxygen atoms in total. The van der Waals surface area contributed by atoms with E-state index in [2.05, 4.69) is 68.7 Å². The predicted octanol–water partition coefficient (Wildman–Crippen LogP) is 4.67. The van der Waals surface area contributed by atoms with Gasteiger partial charge < -0.3 is 10.6 Å². The van der Waals surface area contributed by atoms with Gasteiger partial charge in [-0.1, -0.05) is 58.0 Å². The third-order valence-corrected chi connectivity index (χ3v) is 8.00. The van der Waals surface area contributed by atoms with Crippen LogP contribution in [0, 0.1) is 22.7 Å². The van der Waals surface area contributed by atoms with Crippen molar-refractivity contribution in [1.82, 2.24) is 10.6 Å². The van der Waals surface area contributed by atoms with E-state index in [4.69, 9.17) is 0 Å². The van der Waals surface area contributed by atoms with Crippen molar-refractivity contribution in [3.05, 3.63) is 35.9 Å². The largest absolute Gasteiger partial charge is 0.352 e. The van der Waals surface area contributed by atoms with E-state index in [0.717, 1.165) is 38.3 Å². The summed E-state index contributed by atoms with van der Waals surface area (Å²) in [7, 11) is 0. The van der Waals surface area contributed by atoms with Crippen LogP contribution >= 0.6 is 0 Å². The van der Waals surface area contributed by atoms with Gasteiger partial charge in [0.25, 0.3) is 0 Å². The van der Waals surface area contributed by atoms with Gasteiger partial charge in [-0.05, 0) is 73.3 Å². The van der Waals surface area contributed by atoms with E-state index >= 15 is 0 Å². The van der Waals surface area contributed by atoms with Crippen LogP contribution in [0.25, 0.3) is 0 Å². The Hall–Kier alpha value is -1.35. The minimum atomic E-state index is -0.264. The Morgan fingerprint density at radius 3 is 2.57 bits per heavy atom. The lowest BCUT2D eigenvalue weighted by atomic mass is 9.50. The van der Waals surface area contributed by atoms with Gasteiger partial charge in [-0.15, -0.1) is 0 Å². The fourth-order valence-corrected chi connectivity index (χ4v) is 6.87. The SMILES string of the molecule is CC1CC2CC(C)(C(=O)NC3CCNCC3(C)C)CC(c3ccccc3)(C1)C2. The van der Waals surface area contributed by atoms with Crippen LogP contribution in [-0.4, -0.2) is 25.0 Å². The summed E-state index contributed by atoms with van der Waals surface area (Å²) < 4.78 is 0. The van der Waals surface area contributed by atoms with Crippen molar-refractivity contribution in [2.24, 2.45) is 22.7 Å². The number of rotatable bonds is 3. The first-order valence-electron chi connectivity index (χ1n) is 11.3. The number of hydrogen-bond donors (Lipinski definition) is 2. The maximum atomic E-state index is 13.6. The van der Waals surface area contributed by atoms with Crippen LogP contribution in [0.5, 0.6) is 0 Å². The van der Waals surface area contributed by atoms with E-state index in [9.17, 15) is 4.79 Å². The monoisotopic (exact) mass is 382 g/mol. The Kier molecular flexibility index (Phi) is 5.10. The Morgan fingerprint density at radius 1 is 1.11 bits per heavy atom. The highest BCUT2D eigenvalue weighted by Crippen LogP contribution is 2.58. The Labute approximate surface area is 171 Å². The van der Waals surface area contributed by atoms with E-state index in [-0.39, 0.29) is 22.3 Å². The first-order valence-corrected chi connectivity index (χ1v) is 11.3. The molecule has 0 spiro atoms. The zero-order chi connectivity index (χ0) is 20.0. The molecule has 154 valence electrons. The number of carbonyl (C=O) groups excluding carboxylic acids is 1. The molecular weight excluding hydrogens is 344 g/mol. The summed E-state index contributed by atoms with van der Waals surface area (Å²) >= 11 is 0. The normalized spacial score (nSPS) is 39.9. The van der Waals surface area contributed by atoms with E-state index in [1.165, 1.54) is 24.8 Å². The van der Waals surface area contributed by atoms with Gasteiger partial charge in [-0.25, -0.2) is 0 Å². The molecule has 0 radical (unpaired) electrons. The maximum absolute atomic E-state index is 13.6. The molecule has 0 aromatic heterocycles. The standard InChI is InChI=1S/C25H38N2O/c1-18-12-19-14-24(4,22(28)27-21-10-11-26-17-23(21,2)3)16-25(13-18,15-19)20-8-6-5-7-9-20/h5-9,18-19,21,26H,10-17H2,1-4H3,(H,27,28). The number of hydrogen-bond acceptors (Lipinski definition) is 2. The molecule has 3 aliphatic rings. The Balaban J connectivity index is 1.59. The van der Waals surface area contributed by atoms with Crippen LogP contribution in [0.15, 0.2) is 30.3 Å². The average molecular weight is 383 g/mol. The van der Waals surface area contributed by atoms with Crippen molar-refractivity contribution in [2.45, 2.75) is 77.7 Å². The molecular formula is C25H38N2O. The number of benzene rings is 1. The van der Waals surface area contributed by atoms with Gasteiger partial charge in [-0.2, -0.15) is 0 Å². The molecule has 1 aliphatic heterocycles. The van der Waals surface area contributed by atoms with Crippen LogP contribution in [0.1, 0.15) is 71.8 Å². The quantitative estimate of drug-likeness (QED) is 0.798. The smallest absolute Gasteiger partial charge is 0.226 e. The van der Waals surface area contributed by atoms with Gasteiger partial charge >= 0.3 is 0 Å². The van der Waals surface area contributed by atoms with Crippen molar-refractivity contribution in [1.29, 1.82) is 0 Å².